The Labute approximate surface area is 261 Å². The van der Waals surface area contributed by atoms with E-state index >= 15 is 0 Å². The van der Waals surface area contributed by atoms with Crippen LogP contribution in [0.3, 0.4) is 0 Å². The van der Waals surface area contributed by atoms with Crippen molar-refractivity contribution in [2.24, 2.45) is 5.92 Å². The molecule has 0 spiro atoms. The topological polar surface area (TPSA) is 25.8 Å². The fourth-order valence-corrected chi connectivity index (χ4v) is 6.30. The number of aryl methyl sites for hydroxylation is 1. The van der Waals surface area contributed by atoms with Crippen molar-refractivity contribution in [3.05, 3.63) is 138 Å². The Morgan fingerprint density at radius 1 is 0.756 bits per heavy atom. The first kappa shape index (κ1) is 32.3. The smallest absolute Gasteiger partial charge is 0.0798 e. The molecule has 5 aromatic rings. The summed E-state index contributed by atoms with van der Waals surface area (Å²) >= 11 is 0. The van der Waals surface area contributed by atoms with E-state index in [0.29, 0.717) is 5.92 Å². The molecule has 0 aliphatic heterocycles. The van der Waals surface area contributed by atoms with Gasteiger partial charge in [-0.1, -0.05) is 88.4 Å². The van der Waals surface area contributed by atoms with E-state index in [0.717, 1.165) is 35.4 Å². The van der Waals surface area contributed by atoms with Gasteiger partial charge in [-0.05, 0) is 52.5 Å². The van der Waals surface area contributed by atoms with Crippen molar-refractivity contribution in [2.45, 2.75) is 53.3 Å². The summed E-state index contributed by atoms with van der Waals surface area (Å²) in [6, 6.07) is 37.8. The number of nitrogens with zero attached hydrogens (tertiary/aromatic N) is 2. The van der Waals surface area contributed by atoms with Gasteiger partial charge < -0.3 is 9.97 Å². The maximum atomic E-state index is 4.69. The average Bonchev–Trinajstić information content (AvgIpc) is 2.94. The molecular weight excluding hydrogens is 693 g/mol. The summed E-state index contributed by atoms with van der Waals surface area (Å²) in [4.78, 5) is 9.14. The monoisotopic (exact) mass is 733 g/mol. The van der Waals surface area contributed by atoms with Gasteiger partial charge in [-0.25, -0.2) is 0 Å². The summed E-state index contributed by atoms with van der Waals surface area (Å²) in [5, 5.41) is 1.49. The number of pyridine rings is 2. The number of hydrogen-bond donors (Lipinski definition) is 0. The minimum Gasteiger partial charge on any atom is -0.305 e. The molecule has 0 bridgehead atoms. The van der Waals surface area contributed by atoms with Crippen LogP contribution in [0.15, 0.2) is 103 Å². The summed E-state index contributed by atoms with van der Waals surface area (Å²) in [5.41, 5.74) is 9.44. The van der Waals surface area contributed by atoms with E-state index < -0.39 is 8.07 Å². The third kappa shape index (κ3) is 9.71. The van der Waals surface area contributed by atoms with E-state index in [2.05, 4.69) is 129 Å². The van der Waals surface area contributed by atoms with Crippen LogP contribution in [0, 0.1) is 25.0 Å². The second kappa shape index (κ2) is 15.2. The van der Waals surface area contributed by atoms with Crippen molar-refractivity contribution in [1.29, 1.82) is 0 Å². The molecule has 0 N–H and O–H groups in total. The Hall–Kier alpha value is -3.17. The van der Waals surface area contributed by atoms with Crippen molar-refractivity contribution < 1.29 is 20.1 Å². The first-order valence-electron chi connectivity index (χ1n) is 14.1. The largest absolute Gasteiger partial charge is 0.305 e. The van der Waals surface area contributed by atoms with Gasteiger partial charge >= 0.3 is 0 Å². The Bertz CT molecular complexity index is 1490. The van der Waals surface area contributed by atoms with Gasteiger partial charge in [0, 0.05) is 32.5 Å². The van der Waals surface area contributed by atoms with Crippen molar-refractivity contribution in [1.82, 2.24) is 9.97 Å². The van der Waals surface area contributed by atoms with Crippen molar-refractivity contribution in [3.63, 3.8) is 0 Å². The summed E-state index contributed by atoms with van der Waals surface area (Å²) in [6.45, 7) is 13.8. The van der Waals surface area contributed by atoms with Crippen LogP contribution in [0.4, 0.5) is 0 Å². The molecule has 4 heteroatoms. The summed E-state index contributed by atoms with van der Waals surface area (Å²) in [6.07, 6.45) is 6.05. The summed E-state index contributed by atoms with van der Waals surface area (Å²) in [5.74, 6) is 0.667. The minimum atomic E-state index is -1.34. The van der Waals surface area contributed by atoms with E-state index in [4.69, 9.17) is 0 Å². The number of benzene rings is 3. The third-order valence-corrected chi connectivity index (χ3v) is 8.80. The predicted molar refractivity (Wildman–Crippen MR) is 173 cm³/mol. The Morgan fingerprint density at radius 3 is 2.10 bits per heavy atom. The quantitative estimate of drug-likeness (QED) is 0.124. The van der Waals surface area contributed by atoms with Crippen LogP contribution in [0.25, 0.3) is 22.5 Å². The van der Waals surface area contributed by atoms with Crippen LogP contribution in [0.1, 0.15) is 36.1 Å². The molecule has 0 atom stereocenters. The first-order valence-corrected chi connectivity index (χ1v) is 17.6. The van der Waals surface area contributed by atoms with Crippen molar-refractivity contribution in [2.75, 3.05) is 0 Å². The van der Waals surface area contributed by atoms with Gasteiger partial charge in [-0.15, -0.1) is 71.3 Å². The zero-order valence-electron chi connectivity index (χ0n) is 25.0. The van der Waals surface area contributed by atoms with Crippen molar-refractivity contribution in [3.8, 4) is 22.5 Å². The zero-order valence-corrected chi connectivity index (χ0v) is 28.4. The molecule has 0 saturated heterocycles. The van der Waals surface area contributed by atoms with Gasteiger partial charge in [-0.2, -0.15) is 0 Å². The molecule has 0 aliphatic carbocycles. The SMILES string of the molecule is CC(C)Cc1cc(-c2[c-]cccc2)ncc1[Si](C)(C)C.Cc1c[c-]c(-c2cc(Cc3ccccc3)ccn2)cc1.[Ir]. The Morgan fingerprint density at radius 2 is 1.46 bits per heavy atom. The van der Waals surface area contributed by atoms with Crippen LogP contribution >= 0.6 is 0 Å². The molecule has 1 radical (unpaired) electrons. The van der Waals surface area contributed by atoms with Crippen LogP contribution in [0.2, 0.25) is 19.6 Å². The third-order valence-electron chi connectivity index (χ3n) is 6.73. The van der Waals surface area contributed by atoms with Gasteiger partial charge in [0.2, 0.25) is 0 Å². The van der Waals surface area contributed by atoms with Gasteiger partial charge in [0.15, 0.2) is 0 Å². The molecule has 5 rings (SSSR count). The zero-order chi connectivity index (χ0) is 28.5. The molecule has 3 aromatic carbocycles. The Kier molecular flexibility index (Phi) is 12.0. The van der Waals surface area contributed by atoms with E-state index in [1.54, 1.807) is 0 Å². The fourth-order valence-electron chi connectivity index (χ4n) is 4.71. The molecule has 213 valence electrons. The maximum absolute atomic E-state index is 4.69. The van der Waals surface area contributed by atoms with Gasteiger partial charge in [0.05, 0.1) is 8.07 Å². The standard InChI is InChI=1S/C19H16N.C18H24NSi.Ir/c1-15-7-9-18(10-8-15)19-14-17(11-12-20-19)13-16-5-3-2-4-6-16;1-14(2)11-16-12-17(15-9-7-6-8-10-15)19-13-18(16)20(3,4)5;/h2-9,11-12,14H,13H2,1H3;6-9,12-14H,11H2,1-5H3;/q2*-1;. The molecule has 0 saturated carbocycles. The van der Waals surface area contributed by atoms with Gasteiger partial charge in [0.25, 0.3) is 0 Å². The average molecular weight is 733 g/mol. The molecule has 0 unspecified atom stereocenters. The molecule has 0 fully saturated rings. The second-order valence-electron chi connectivity index (χ2n) is 11.8. The van der Waals surface area contributed by atoms with E-state index in [9.17, 15) is 0 Å². The van der Waals surface area contributed by atoms with E-state index in [1.807, 2.05) is 36.5 Å². The first-order chi connectivity index (χ1) is 19.2. The summed E-state index contributed by atoms with van der Waals surface area (Å²) < 4.78 is 0. The normalized spacial score (nSPS) is 10.9. The van der Waals surface area contributed by atoms with E-state index in [-0.39, 0.29) is 20.1 Å². The van der Waals surface area contributed by atoms with Crippen LogP contribution in [-0.2, 0) is 32.9 Å². The molecule has 2 heterocycles. The molecule has 41 heavy (non-hydrogen) atoms. The molecule has 2 aromatic heterocycles. The molecular formula is C37H40IrN2Si-2. The number of hydrogen-bond acceptors (Lipinski definition) is 2. The van der Waals surface area contributed by atoms with Crippen LogP contribution in [0.5, 0.6) is 0 Å². The van der Waals surface area contributed by atoms with Crippen molar-refractivity contribution >= 4 is 13.3 Å². The number of aromatic nitrogens is 2. The second-order valence-corrected chi connectivity index (χ2v) is 16.9. The van der Waals surface area contributed by atoms with Gasteiger partial charge in [-0.3, -0.25) is 0 Å². The van der Waals surface area contributed by atoms with Crippen LogP contribution < -0.4 is 5.19 Å². The van der Waals surface area contributed by atoms with E-state index in [1.165, 1.54) is 27.4 Å². The molecule has 2 nitrogen and oxygen atoms in total. The molecule has 0 aliphatic rings. The molecule has 0 amide bonds. The predicted octanol–water partition coefficient (Wildman–Crippen LogP) is 8.74. The Balaban J connectivity index is 0.000000220. The maximum Gasteiger partial charge on any atom is 0.0798 e. The minimum absolute atomic E-state index is 0. The summed E-state index contributed by atoms with van der Waals surface area (Å²) in [7, 11) is -1.34. The number of rotatable bonds is 7. The fraction of sp³-hybridized carbons (Fsp3) is 0.243. The van der Waals surface area contributed by atoms with Gasteiger partial charge in [0.1, 0.15) is 0 Å². The van der Waals surface area contributed by atoms with Crippen LogP contribution in [-0.4, -0.2) is 18.0 Å².